The van der Waals surface area contributed by atoms with E-state index in [1.165, 1.54) is 18.0 Å². The number of pyridine rings is 1. The molecule has 10 nitrogen and oxygen atoms in total. The van der Waals surface area contributed by atoms with E-state index in [4.69, 9.17) is 16.3 Å². The van der Waals surface area contributed by atoms with Crippen molar-refractivity contribution in [3.05, 3.63) is 100 Å². The van der Waals surface area contributed by atoms with Crippen LogP contribution >= 0.6 is 11.6 Å². The minimum Gasteiger partial charge on any atom is -0.508 e. The van der Waals surface area contributed by atoms with Crippen LogP contribution in [0.2, 0.25) is 5.02 Å². The van der Waals surface area contributed by atoms with Gasteiger partial charge in [-0.15, -0.1) is 0 Å². The molecule has 2 saturated heterocycles. The van der Waals surface area contributed by atoms with Crippen molar-refractivity contribution in [2.45, 2.75) is 32.4 Å². The number of hydrazine groups is 1. The molecule has 14 heteroatoms. The number of aromatic nitrogens is 1. The Morgan fingerprint density at radius 2 is 1.75 bits per heavy atom. The summed E-state index contributed by atoms with van der Waals surface area (Å²) >= 11 is 6.26. The summed E-state index contributed by atoms with van der Waals surface area (Å²) in [6.07, 6.45) is -0.896. The second-order valence-corrected chi connectivity index (χ2v) is 14.2. The quantitative estimate of drug-likeness (QED) is 0.254. The predicted octanol–water partition coefficient (Wildman–Crippen LogP) is 6.09. The van der Waals surface area contributed by atoms with Crippen LogP contribution in [-0.4, -0.2) is 45.8 Å². The van der Waals surface area contributed by atoms with E-state index in [9.17, 15) is 37.5 Å². The van der Waals surface area contributed by atoms with Crippen molar-refractivity contribution < 1.29 is 42.2 Å². The van der Waals surface area contributed by atoms with Crippen LogP contribution in [0.1, 0.15) is 31.0 Å². The molecule has 2 aliphatic carbocycles. The molecular weight excluding hydrogens is 689 g/mol. The topological polar surface area (TPSA) is 120 Å². The van der Waals surface area contributed by atoms with E-state index < -0.39 is 76.3 Å². The number of amides is 4. The van der Waals surface area contributed by atoms with Crippen LogP contribution in [0.3, 0.4) is 0 Å². The van der Waals surface area contributed by atoms with E-state index in [0.717, 1.165) is 16.1 Å². The number of anilines is 2. The molecule has 4 heterocycles. The third-order valence-electron chi connectivity index (χ3n) is 11.1. The van der Waals surface area contributed by atoms with Crippen molar-refractivity contribution >= 4 is 46.7 Å². The first-order valence-corrected chi connectivity index (χ1v) is 16.8. The molecule has 262 valence electrons. The normalized spacial score (nSPS) is 28.4. The number of carbonyl (C=O) groups is 4. The lowest BCUT2D eigenvalue weighted by Crippen LogP contribution is -2.51. The third-order valence-corrected chi connectivity index (χ3v) is 11.4. The zero-order valence-corrected chi connectivity index (χ0v) is 28.0. The van der Waals surface area contributed by atoms with Gasteiger partial charge in [0.05, 0.1) is 40.1 Å². The Kier molecular flexibility index (Phi) is 7.39. The van der Waals surface area contributed by atoms with Gasteiger partial charge >= 0.3 is 6.18 Å². The number of benzene rings is 2. The summed E-state index contributed by atoms with van der Waals surface area (Å²) in [5.74, 6) is -6.15. The molecule has 3 aliphatic heterocycles. The largest absolute Gasteiger partial charge is 0.508 e. The van der Waals surface area contributed by atoms with E-state index in [-0.39, 0.29) is 30.0 Å². The number of rotatable bonds is 4. The zero-order valence-electron chi connectivity index (χ0n) is 27.2. The Hall–Kier alpha value is -5.17. The second-order valence-electron chi connectivity index (χ2n) is 13.8. The van der Waals surface area contributed by atoms with Crippen molar-refractivity contribution in [3.63, 3.8) is 0 Å². The van der Waals surface area contributed by atoms with Crippen LogP contribution in [0.5, 0.6) is 11.5 Å². The number of para-hydroxylation sites is 1. The predicted molar refractivity (Wildman–Crippen MR) is 177 cm³/mol. The number of phenolic OH excluding ortho intramolecular Hbond substituents is 1. The summed E-state index contributed by atoms with van der Waals surface area (Å²) in [7, 11) is 1.25. The minimum absolute atomic E-state index is 0.0287. The van der Waals surface area contributed by atoms with Crippen LogP contribution in [-0.2, 0) is 31.8 Å². The van der Waals surface area contributed by atoms with Crippen molar-refractivity contribution in [2.75, 3.05) is 17.0 Å². The third kappa shape index (κ3) is 4.80. The Balaban J connectivity index is 1.21. The molecule has 2 aromatic carbocycles. The molecule has 0 radical (unpaired) electrons. The lowest BCUT2D eigenvalue weighted by Gasteiger charge is -2.49. The first-order chi connectivity index (χ1) is 24.2. The van der Waals surface area contributed by atoms with Gasteiger partial charge in [-0.2, -0.15) is 18.2 Å². The molecule has 4 amide bonds. The van der Waals surface area contributed by atoms with Crippen LogP contribution < -0.4 is 14.6 Å². The van der Waals surface area contributed by atoms with E-state index in [0.29, 0.717) is 34.2 Å². The van der Waals surface area contributed by atoms with Gasteiger partial charge < -0.3 is 9.84 Å². The van der Waals surface area contributed by atoms with Crippen molar-refractivity contribution in [1.29, 1.82) is 0 Å². The average molecular weight is 719 g/mol. The van der Waals surface area contributed by atoms with Gasteiger partial charge in [0.1, 0.15) is 17.2 Å². The molecule has 3 aromatic rings. The van der Waals surface area contributed by atoms with Crippen LogP contribution in [0.15, 0.2) is 84.1 Å². The SMILES string of the molecule is CN(c1nc(C(F)(F)F)ccc1Cl)N1C(=O)C2CC=C3C(CC4C(=O)N(c5ccccc5)C(=O)C4(C)C3C3=COc4ccc(O)cc4C3)C2C1=O. The van der Waals surface area contributed by atoms with Gasteiger partial charge in [-0.3, -0.25) is 24.2 Å². The summed E-state index contributed by atoms with van der Waals surface area (Å²) in [5.41, 5.74) is -0.0862. The Labute approximate surface area is 294 Å². The lowest BCUT2D eigenvalue weighted by atomic mass is 9.51. The number of hydrogen-bond donors (Lipinski definition) is 1. The molecule has 0 spiro atoms. The fraction of sp³-hybridized carbons (Fsp3) is 0.324. The molecule has 3 fully saturated rings. The van der Waals surface area contributed by atoms with Gasteiger partial charge in [-0.05, 0) is 73.7 Å². The highest BCUT2D eigenvalue weighted by molar-refractivity contribution is 6.33. The van der Waals surface area contributed by atoms with E-state index >= 15 is 0 Å². The second kappa shape index (κ2) is 11.4. The number of nitrogens with zero attached hydrogens (tertiary/aromatic N) is 4. The highest BCUT2D eigenvalue weighted by atomic mass is 35.5. The van der Waals surface area contributed by atoms with Gasteiger partial charge in [0.2, 0.25) is 11.8 Å². The summed E-state index contributed by atoms with van der Waals surface area (Å²) in [5, 5.41) is 11.8. The number of alkyl halides is 3. The number of carbonyl (C=O) groups excluding carboxylic acids is 4. The molecule has 8 rings (SSSR count). The molecular formula is C37H30ClF3N4O6. The first kappa shape index (κ1) is 33.0. The minimum atomic E-state index is -4.80. The number of imide groups is 2. The molecule has 5 aliphatic rings. The van der Waals surface area contributed by atoms with Crippen molar-refractivity contribution in [1.82, 2.24) is 9.99 Å². The van der Waals surface area contributed by atoms with Crippen LogP contribution in [0, 0.1) is 35.0 Å². The summed E-state index contributed by atoms with van der Waals surface area (Å²) < 4.78 is 46.8. The summed E-state index contributed by atoms with van der Waals surface area (Å²) in [6.45, 7) is 1.76. The smallest absolute Gasteiger partial charge is 0.433 e. The molecule has 1 N–H and O–H groups in total. The molecule has 51 heavy (non-hydrogen) atoms. The molecule has 6 atom stereocenters. The fourth-order valence-electron chi connectivity index (χ4n) is 8.86. The number of aromatic hydroxyl groups is 1. The Morgan fingerprint density at radius 3 is 2.47 bits per heavy atom. The summed E-state index contributed by atoms with van der Waals surface area (Å²) in [4.78, 5) is 62.2. The number of fused-ring (bicyclic) bond motifs is 5. The molecule has 0 bridgehead atoms. The number of hydrogen-bond acceptors (Lipinski definition) is 8. The molecule has 1 saturated carbocycles. The number of halogens is 4. The Bertz CT molecular complexity index is 2100. The van der Waals surface area contributed by atoms with Crippen molar-refractivity contribution in [3.8, 4) is 11.5 Å². The van der Waals surface area contributed by atoms with Crippen LogP contribution in [0.25, 0.3) is 0 Å². The van der Waals surface area contributed by atoms with Gasteiger partial charge in [0.15, 0.2) is 5.82 Å². The zero-order chi connectivity index (χ0) is 36.1. The highest BCUT2D eigenvalue weighted by Crippen LogP contribution is 2.63. The van der Waals surface area contributed by atoms with E-state index in [2.05, 4.69) is 4.98 Å². The maximum atomic E-state index is 14.6. The lowest BCUT2D eigenvalue weighted by molar-refractivity contribution is -0.141. The molecule has 1 aromatic heterocycles. The van der Waals surface area contributed by atoms with E-state index in [1.54, 1.807) is 55.7 Å². The highest BCUT2D eigenvalue weighted by Gasteiger charge is 2.68. The van der Waals surface area contributed by atoms with Crippen LogP contribution in [0.4, 0.5) is 24.7 Å². The van der Waals surface area contributed by atoms with Crippen molar-refractivity contribution in [2.24, 2.45) is 35.0 Å². The standard InChI is InChI=1S/C37H30ClF3N4O6/c1-36-25(33(48)44(35(36)50)20-6-4-3-5-7-20)16-24-22(30(36)19-14-18-15-21(46)8-12-27(18)51-17-19)9-10-23-29(24)34(49)45(32(23)47)43(2)31-26(38)11-13-28(42-31)37(39,40)41/h3-9,11-13,15,17,23-25,29-30,46H,10,14,16H2,1-2H3. The number of phenols is 1. The maximum absolute atomic E-state index is 14.6. The number of ether oxygens (including phenoxy) is 1. The maximum Gasteiger partial charge on any atom is 0.433 e. The van der Waals surface area contributed by atoms with Gasteiger partial charge in [-0.25, -0.2) is 9.88 Å². The van der Waals surface area contributed by atoms with Gasteiger partial charge in [0.25, 0.3) is 11.8 Å². The summed E-state index contributed by atoms with van der Waals surface area (Å²) in [6, 6.07) is 15.0. The fourth-order valence-corrected chi connectivity index (χ4v) is 9.09. The Morgan fingerprint density at radius 1 is 1.00 bits per heavy atom. The molecule has 6 unspecified atom stereocenters. The average Bonchev–Trinajstić information content (AvgIpc) is 3.47. The van der Waals surface area contributed by atoms with E-state index in [1.807, 2.05) is 6.08 Å². The van der Waals surface area contributed by atoms with Gasteiger partial charge in [0, 0.05) is 24.9 Å². The van der Waals surface area contributed by atoms with Gasteiger partial charge in [-0.1, -0.05) is 41.4 Å². The number of allylic oxidation sites excluding steroid dienone is 3. The monoisotopic (exact) mass is 718 g/mol. The first-order valence-electron chi connectivity index (χ1n) is 16.4.